The SMILES string of the molecule is CC(C)(C)C1CCN(CC(N)C2CC2)CC1. The number of nitrogens with two attached hydrogens (primary N) is 1. The molecule has 0 amide bonds. The highest BCUT2D eigenvalue weighted by Crippen LogP contribution is 2.35. The van der Waals surface area contributed by atoms with E-state index in [1.807, 2.05) is 0 Å². The second-order valence-corrected chi connectivity index (χ2v) is 6.94. The molecule has 1 saturated carbocycles. The lowest BCUT2D eigenvalue weighted by Gasteiger charge is -2.39. The summed E-state index contributed by atoms with van der Waals surface area (Å²) in [6.07, 6.45) is 5.47. The highest BCUT2D eigenvalue weighted by atomic mass is 15.1. The van der Waals surface area contributed by atoms with Gasteiger partial charge in [-0.1, -0.05) is 20.8 Å². The van der Waals surface area contributed by atoms with Crippen molar-refractivity contribution in [1.82, 2.24) is 4.90 Å². The van der Waals surface area contributed by atoms with Crippen LogP contribution < -0.4 is 5.73 Å². The molecule has 1 unspecified atom stereocenters. The van der Waals surface area contributed by atoms with Crippen molar-refractivity contribution >= 4 is 0 Å². The Labute approximate surface area is 101 Å². The standard InChI is InChI=1S/C14H28N2/c1-14(2,3)12-6-8-16(9-7-12)10-13(15)11-4-5-11/h11-13H,4-10,15H2,1-3H3. The molecule has 0 aromatic carbocycles. The van der Waals surface area contributed by atoms with Crippen LogP contribution in [-0.4, -0.2) is 30.6 Å². The maximum absolute atomic E-state index is 6.19. The Morgan fingerprint density at radius 2 is 1.69 bits per heavy atom. The zero-order valence-corrected chi connectivity index (χ0v) is 11.2. The lowest BCUT2D eigenvalue weighted by molar-refractivity contribution is 0.106. The summed E-state index contributed by atoms with van der Waals surface area (Å²) in [5.41, 5.74) is 6.68. The van der Waals surface area contributed by atoms with Crippen LogP contribution in [0.5, 0.6) is 0 Å². The fourth-order valence-electron chi connectivity index (χ4n) is 2.95. The van der Waals surface area contributed by atoms with Crippen molar-refractivity contribution in [1.29, 1.82) is 0 Å². The van der Waals surface area contributed by atoms with Crippen LogP contribution in [0, 0.1) is 17.3 Å². The van der Waals surface area contributed by atoms with E-state index >= 15 is 0 Å². The Hall–Kier alpha value is -0.0800. The van der Waals surface area contributed by atoms with E-state index in [0.29, 0.717) is 11.5 Å². The molecule has 0 radical (unpaired) electrons. The van der Waals surface area contributed by atoms with Gasteiger partial charge in [-0.25, -0.2) is 0 Å². The van der Waals surface area contributed by atoms with Crippen LogP contribution in [0.2, 0.25) is 0 Å². The van der Waals surface area contributed by atoms with Crippen LogP contribution in [0.4, 0.5) is 0 Å². The van der Waals surface area contributed by atoms with Crippen LogP contribution in [0.15, 0.2) is 0 Å². The van der Waals surface area contributed by atoms with Crippen molar-refractivity contribution in [2.45, 2.75) is 52.5 Å². The van der Waals surface area contributed by atoms with Gasteiger partial charge in [0.25, 0.3) is 0 Å². The third kappa shape index (κ3) is 3.21. The molecule has 16 heavy (non-hydrogen) atoms. The minimum Gasteiger partial charge on any atom is -0.326 e. The van der Waals surface area contributed by atoms with Gasteiger partial charge in [0.1, 0.15) is 0 Å². The van der Waals surface area contributed by atoms with E-state index < -0.39 is 0 Å². The molecule has 94 valence electrons. The summed E-state index contributed by atoms with van der Waals surface area (Å²) in [5, 5.41) is 0. The van der Waals surface area contributed by atoms with Crippen LogP contribution in [0.25, 0.3) is 0 Å². The molecule has 1 aliphatic heterocycles. The lowest BCUT2D eigenvalue weighted by atomic mass is 9.75. The predicted octanol–water partition coefficient (Wildman–Crippen LogP) is 2.48. The van der Waals surface area contributed by atoms with Gasteiger partial charge in [-0.15, -0.1) is 0 Å². The average molecular weight is 224 g/mol. The maximum atomic E-state index is 6.19. The highest BCUT2D eigenvalue weighted by molar-refractivity contribution is 4.88. The summed E-state index contributed by atoms with van der Waals surface area (Å²) in [6, 6.07) is 0.450. The molecule has 0 aromatic rings. The van der Waals surface area contributed by atoms with Gasteiger partial charge in [0.2, 0.25) is 0 Å². The maximum Gasteiger partial charge on any atom is 0.0196 e. The second kappa shape index (κ2) is 4.66. The van der Waals surface area contributed by atoms with E-state index in [4.69, 9.17) is 5.73 Å². The van der Waals surface area contributed by atoms with Crippen molar-refractivity contribution in [3.8, 4) is 0 Å². The Bertz CT molecular complexity index is 219. The third-order valence-corrected chi connectivity index (χ3v) is 4.51. The summed E-state index contributed by atoms with van der Waals surface area (Å²) in [6.45, 7) is 10.8. The lowest BCUT2D eigenvalue weighted by Crippen LogP contribution is -2.44. The molecule has 2 heteroatoms. The van der Waals surface area contributed by atoms with Gasteiger partial charge in [-0.05, 0) is 56.0 Å². The number of piperidine rings is 1. The Morgan fingerprint density at radius 3 is 2.12 bits per heavy atom. The first-order chi connectivity index (χ1) is 7.47. The Morgan fingerprint density at radius 1 is 1.12 bits per heavy atom. The number of hydrogen-bond acceptors (Lipinski definition) is 2. The van der Waals surface area contributed by atoms with Gasteiger partial charge < -0.3 is 10.6 Å². The van der Waals surface area contributed by atoms with E-state index in [0.717, 1.165) is 18.4 Å². The van der Waals surface area contributed by atoms with E-state index in [1.54, 1.807) is 0 Å². The van der Waals surface area contributed by atoms with E-state index in [-0.39, 0.29) is 0 Å². The molecule has 1 heterocycles. The van der Waals surface area contributed by atoms with E-state index in [1.165, 1.54) is 38.8 Å². The first kappa shape index (κ1) is 12.4. The van der Waals surface area contributed by atoms with Crippen LogP contribution >= 0.6 is 0 Å². The van der Waals surface area contributed by atoms with Crippen LogP contribution in [-0.2, 0) is 0 Å². The Kier molecular flexibility index (Phi) is 3.60. The first-order valence-corrected chi connectivity index (χ1v) is 6.95. The van der Waals surface area contributed by atoms with Crippen molar-refractivity contribution in [3.05, 3.63) is 0 Å². The summed E-state index contributed by atoms with van der Waals surface area (Å²) >= 11 is 0. The molecule has 1 saturated heterocycles. The van der Waals surface area contributed by atoms with Crippen molar-refractivity contribution in [3.63, 3.8) is 0 Å². The molecule has 2 nitrogen and oxygen atoms in total. The largest absolute Gasteiger partial charge is 0.326 e. The Balaban J connectivity index is 1.72. The molecule has 1 aliphatic carbocycles. The van der Waals surface area contributed by atoms with E-state index in [2.05, 4.69) is 25.7 Å². The van der Waals surface area contributed by atoms with Crippen molar-refractivity contribution < 1.29 is 0 Å². The fraction of sp³-hybridized carbons (Fsp3) is 1.00. The molecule has 0 spiro atoms. The molecule has 1 atom stereocenters. The van der Waals surface area contributed by atoms with Gasteiger partial charge >= 0.3 is 0 Å². The van der Waals surface area contributed by atoms with Gasteiger partial charge in [0, 0.05) is 12.6 Å². The number of likely N-dealkylation sites (tertiary alicyclic amines) is 1. The number of hydrogen-bond donors (Lipinski definition) is 1. The molecule has 2 fully saturated rings. The van der Waals surface area contributed by atoms with Gasteiger partial charge in [0.15, 0.2) is 0 Å². The summed E-state index contributed by atoms with van der Waals surface area (Å²) in [5.74, 6) is 1.75. The summed E-state index contributed by atoms with van der Waals surface area (Å²) in [7, 11) is 0. The minimum absolute atomic E-state index is 0.450. The second-order valence-electron chi connectivity index (χ2n) is 6.94. The molecule has 0 bridgehead atoms. The molecule has 2 aliphatic rings. The third-order valence-electron chi connectivity index (χ3n) is 4.51. The summed E-state index contributed by atoms with van der Waals surface area (Å²) in [4.78, 5) is 2.59. The van der Waals surface area contributed by atoms with Crippen LogP contribution in [0.3, 0.4) is 0 Å². The molecular weight excluding hydrogens is 196 g/mol. The number of rotatable bonds is 3. The topological polar surface area (TPSA) is 29.3 Å². The molecule has 0 aromatic heterocycles. The summed E-state index contributed by atoms with van der Waals surface area (Å²) < 4.78 is 0. The molecular formula is C14H28N2. The van der Waals surface area contributed by atoms with Crippen molar-refractivity contribution in [2.75, 3.05) is 19.6 Å². The van der Waals surface area contributed by atoms with Gasteiger partial charge in [-0.2, -0.15) is 0 Å². The van der Waals surface area contributed by atoms with Gasteiger partial charge in [-0.3, -0.25) is 0 Å². The van der Waals surface area contributed by atoms with Gasteiger partial charge in [0.05, 0.1) is 0 Å². The minimum atomic E-state index is 0.450. The normalized spacial score (nSPS) is 27.0. The fourth-order valence-corrected chi connectivity index (χ4v) is 2.95. The monoisotopic (exact) mass is 224 g/mol. The number of nitrogens with zero attached hydrogens (tertiary/aromatic N) is 1. The van der Waals surface area contributed by atoms with Crippen LogP contribution in [0.1, 0.15) is 46.5 Å². The zero-order chi connectivity index (χ0) is 11.8. The zero-order valence-electron chi connectivity index (χ0n) is 11.2. The predicted molar refractivity (Wildman–Crippen MR) is 69.3 cm³/mol. The van der Waals surface area contributed by atoms with E-state index in [9.17, 15) is 0 Å². The average Bonchev–Trinajstić information content (AvgIpc) is 3.00. The quantitative estimate of drug-likeness (QED) is 0.798. The molecule has 2 rings (SSSR count). The first-order valence-electron chi connectivity index (χ1n) is 6.95. The molecule has 2 N–H and O–H groups in total. The van der Waals surface area contributed by atoms with Crippen molar-refractivity contribution in [2.24, 2.45) is 23.0 Å². The highest BCUT2D eigenvalue weighted by Gasteiger charge is 2.32. The smallest absolute Gasteiger partial charge is 0.0196 e.